The van der Waals surface area contributed by atoms with E-state index >= 15 is 0 Å². The fourth-order valence-corrected chi connectivity index (χ4v) is 3.29. The molecule has 0 aliphatic heterocycles. The lowest BCUT2D eigenvalue weighted by Gasteiger charge is -2.06. The van der Waals surface area contributed by atoms with Crippen molar-refractivity contribution in [2.75, 3.05) is 32.8 Å². The molecule has 0 bridgehead atoms. The monoisotopic (exact) mass is 445 g/mol. The van der Waals surface area contributed by atoms with Gasteiger partial charge in [0.2, 0.25) is 5.91 Å². The molecule has 0 unspecified atom stereocenters. The molecule has 1 amide bonds. The van der Waals surface area contributed by atoms with Crippen molar-refractivity contribution in [3.63, 3.8) is 0 Å². The maximum atomic E-state index is 11.0. The van der Waals surface area contributed by atoms with Crippen molar-refractivity contribution < 1.29 is 15.0 Å². The molecule has 0 aromatic rings. The van der Waals surface area contributed by atoms with Gasteiger partial charge in [-0.3, -0.25) is 10.2 Å². The molecule has 0 saturated heterocycles. The summed E-state index contributed by atoms with van der Waals surface area (Å²) in [7, 11) is 0. The van der Waals surface area contributed by atoms with Gasteiger partial charge in [-0.25, -0.2) is 5.43 Å². The number of amides is 1. The average molecular weight is 446 g/mol. The Labute approximate surface area is 193 Å². The molecule has 0 atom stereocenters. The van der Waals surface area contributed by atoms with E-state index in [2.05, 4.69) is 23.1 Å². The number of hydrogen-bond acceptors (Lipinski definition) is 5. The normalized spacial score (nSPS) is 10.6. The van der Waals surface area contributed by atoms with Crippen molar-refractivity contribution >= 4 is 5.91 Å². The first-order valence-corrected chi connectivity index (χ1v) is 13.2. The Kier molecular flexibility index (Phi) is 33.0. The van der Waals surface area contributed by atoms with Gasteiger partial charge in [-0.2, -0.15) is 0 Å². The largest absolute Gasteiger partial charge is 0.395 e. The number of aliphatic hydroxyl groups is 2. The highest BCUT2D eigenvalue weighted by Crippen LogP contribution is 2.13. The van der Waals surface area contributed by atoms with Crippen LogP contribution < -0.4 is 16.2 Å². The van der Waals surface area contributed by atoms with Crippen LogP contribution >= 0.6 is 0 Å². The molecule has 0 aromatic heterocycles. The highest BCUT2D eigenvalue weighted by molar-refractivity contribution is 5.74. The Hall–Kier alpha value is -0.690. The summed E-state index contributed by atoms with van der Waals surface area (Å²) in [6.07, 6.45) is 22.9. The molecule has 0 spiro atoms. The van der Waals surface area contributed by atoms with Crippen molar-refractivity contribution in [3.8, 4) is 0 Å². The van der Waals surface area contributed by atoms with Crippen LogP contribution in [-0.2, 0) is 4.79 Å². The van der Waals surface area contributed by atoms with Gasteiger partial charge in [0.1, 0.15) is 0 Å². The van der Waals surface area contributed by atoms with E-state index in [1.165, 1.54) is 96.3 Å². The van der Waals surface area contributed by atoms with Gasteiger partial charge in [-0.15, -0.1) is 0 Å². The number of unbranched alkanes of at least 4 members (excludes halogenated alkanes) is 15. The Balaban J connectivity index is 0. The van der Waals surface area contributed by atoms with Crippen molar-refractivity contribution in [2.45, 2.75) is 123 Å². The van der Waals surface area contributed by atoms with Gasteiger partial charge in [0.15, 0.2) is 0 Å². The second-order valence-electron chi connectivity index (χ2n) is 8.33. The van der Waals surface area contributed by atoms with Crippen LogP contribution in [0.5, 0.6) is 0 Å². The van der Waals surface area contributed by atoms with E-state index in [1.807, 2.05) is 6.92 Å². The summed E-state index contributed by atoms with van der Waals surface area (Å²) in [4.78, 5) is 11.0. The van der Waals surface area contributed by atoms with Crippen LogP contribution in [0, 0.1) is 0 Å². The maximum absolute atomic E-state index is 11.0. The fraction of sp³-hybridized carbons (Fsp3) is 0.960. The average Bonchev–Trinajstić information content (AvgIpc) is 2.79. The highest BCUT2D eigenvalue weighted by atomic mass is 16.3. The summed E-state index contributed by atoms with van der Waals surface area (Å²) in [5.74, 6) is 0.0755. The first kappa shape index (κ1) is 32.5. The van der Waals surface area contributed by atoms with Crippen LogP contribution in [0.15, 0.2) is 0 Å². The summed E-state index contributed by atoms with van der Waals surface area (Å²) in [5.41, 5.74) is 5.68. The zero-order valence-corrected chi connectivity index (χ0v) is 20.9. The van der Waals surface area contributed by atoms with E-state index in [9.17, 15) is 4.79 Å². The zero-order chi connectivity index (χ0) is 23.3. The lowest BCUT2D eigenvalue weighted by molar-refractivity contribution is -0.121. The molecule has 0 rings (SSSR count). The van der Waals surface area contributed by atoms with Gasteiger partial charge in [0, 0.05) is 26.1 Å². The first-order chi connectivity index (χ1) is 15.2. The Morgan fingerprint density at radius 1 is 0.581 bits per heavy atom. The number of carbonyl (C=O) groups is 1. The quantitative estimate of drug-likeness (QED) is 0.115. The molecule has 6 nitrogen and oxygen atoms in total. The molecule has 0 heterocycles. The minimum absolute atomic E-state index is 0.0755. The van der Waals surface area contributed by atoms with Crippen LogP contribution in [0.1, 0.15) is 123 Å². The van der Waals surface area contributed by atoms with Gasteiger partial charge in [-0.1, -0.05) is 110 Å². The summed E-state index contributed by atoms with van der Waals surface area (Å²) >= 11 is 0. The van der Waals surface area contributed by atoms with Gasteiger partial charge in [-0.05, 0) is 6.42 Å². The molecule has 188 valence electrons. The van der Waals surface area contributed by atoms with E-state index in [4.69, 9.17) is 10.2 Å². The molecule has 0 saturated carbocycles. The van der Waals surface area contributed by atoms with Crippen molar-refractivity contribution in [1.82, 2.24) is 16.2 Å². The van der Waals surface area contributed by atoms with Crippen molar-refractivity contribution in [2.24, 2.45) is 0 Å². The number of hydrazine groups is 1. The lowest BCUT2D eigenvalue weighted by atomic mass is 10.0. The van der Waals surface area contributed by atoms with Gasteiger partial charge in [0.25, 0.3) is 0 Å². The first-order valence-electron chi connectivity index (χ1n) is 13.2. The SMILES string of the molecule is CCCCCCCCCCCCCCCCCCNNC(=O)CC.OCCNCCO. The second kappa shape index (κ2) is 31.5. The van der Waals surface area contributed by atoms with Crippen molar-refractivity contribution in [1.29, 1.82) is 0 Å². The van der Waals surface area contributed by atoms with Crippen LogP contribution in [0.25, 0.3) is 0 Å². The van der Waals surface area contributed by atoms with Crippen LogP contribution in [-0.4, -0.2) is 49.0 Å². The molecule has 0 aliphatic rings. The standard InChI is InChI=1S/C21H44N2O.C4H11NO2/c1-3-5-6-7-8-9-10-11-12-13-14-15-16-17-18-19-20-22-23-21(24)4-2;6-3-1-5-2-4-7/h22H,3-20H2,1-2H3,(H,23,24);5-7H,1-4H2. The Bertz CT molecular complexity index is 327. The number of rotatable bonds is 23. The molecular formula is C25H55N3O3. The summed E-state index contributed by atoms with van der Waals surface area (Å²) in [6.45, 7) is 6.46. The fourth-order valence-electron chi connectivity index (χ4n) is 3.29. The summed E-state index contributed by atoms with van der Waals surface area (Å²) in [6, 6.07) is 0. The highest BCUT2D eigenvalue weighted by Gasteiger charge is 1.96. The minimum Gasteiger partial charge on any atom is -0.395 e. The molecule has 0 aromatic carbocycles. The van der Waals surface area contributed by atoms with Crippen molar-refractivity contribution in [3.05, 3.63) is 0 Å². The summed E-state index contributed by atoms with van der Waals surface area (Å²) in [5, 5.41) is 19.1. The third-order valence-electron chi connectivity index (χ3n) is 5.28. The lowest BCUT2D eigenvalue weighted by Crippen LogP contribution is -2.37. The van der Waals surface area contributed by atoms with Crippen LogP contribution in [0.2, 0.25) is 0 Å². The van der Waals surface area contributed by atoms with Crippen LogP contribution in [0.4, 0.5) is 0 Å². The Morgan fingerprint density at radius 2 is 0.968 bits per heavy atom. The maximum Gasteiger partial charge on any atom is 0.233 e. The molecule has 0 fully saturated rings. The third kappa shape index (κ3) is 34.1. The smallest absolute Gasteiger partial charge is 0.233 e. The third-order valence-corrected chi connectivity index (χ3v) is 5.28. The minimum atomic E-state index is 0.0755. The molecule has 0 radical (unpaired) electrons. The molecule has 31 heavy (non-hydrogen) atoms. The second-order valence-corrected chi connectivity index (χ2v) is 8.33. The van der Waals surface area contributed by atoms with E-state index in [-0.39, 0.29) is 19.1 Å². The van der Waals surface area contributed by atoms with Gasteiger partial charge in [0.05, 0.1) is 13.2 Å². The zero-order valence-electron chi connectivity index (χ0n) is 20.9. The van der Waals surface area contributed by atoms with Crippen LogP contribution in [0.3, 0.4) is 0 Å². The number of carbonyl (C=O) groups excluding carboxylic acids is 1. The molecule has 6 heteroatoms. The summed E-state index contributed by atoms with van der Waals surface area (Å²) < 4.78 is 0. The van der Waals surface area contributed by atoms with Gasteiger partial charge >= 0.3 is 0 Å². The number of aliphatic hydroxyl groups excluding tert-OH is 2. The van der Waals surface area contributed by atoms with E-state index in [1.54, 1.807) is 0 Å². The van der Waals surface area contributed by atoms with E-state index in [0.717, 1.165) is 13.0 Å². The van der Waals surface area contributed by atoms with E-state index in [0.29, 0.717) is 19.5 Å². The van der Waals surface area contributed by atoms with E-state index < -0.39 is 0 Å². The molecule has 0 aliphatic carbocycles. The Morgan fingerprint density at radius 3 is 1.32 bits per heavy atom. The predicted octanol–water partition coefficient (Wildman–Crippen LogP) is 4.84. The topological polar surface area (TPSA) is 93.6 Å². The number of hydrogen-bond donors (Lipinski definition) is 5. The van der Waals surface area contributed by atoms with Gasteiger partial charge < -0.3 is 15.5 Å². The number of nitrogens with one attached hydrogen (secondary N) is 3. The molecular weight excluding hydrogens is 390 g/mol. The predicted molar refractivity (Wildman–Crippen MR) is 133 cm³/mol. The molecule has 5 N–H and O–H groups in total.